The summed E-state index contributed by atoms with van der Waals surface area (Å²) >= 11 is 0. The lowest BCUT2D eigenvalue weighted by Gasteiger charge is -2.36. The van der Waals surface area contributed by atoms with E-state index in [0.29, 0.717) is 6.42 Å². The van der Waals surface area contributed by atoms with E-state index in [1.54, 1.807) is 6.92 Å². The number of hydrogen-bond acceptors (Lipinski definition) is 4. The smallest absolute Gasteiger partial charge is 0.235 e. The SMILES string of the molecule is CCCS(=O)(=O)NC(=O)CC1(NC)CCCCC1. The van der Waals surface area contributed by atoms with Crippen LogP contribution in [0.1, 0.15) is 51.9 Å². The predicted octanol–water partition coefficient (Wildman–Crippen LogP) is 1.15. The van der Waals surface area contributed by atoms with Crippen LogP contribution in [0.3, 0.4) is 0 Å². The number of sulfonamides is 1. The van der Waals surface area contributed by atoms with E-state index in [0.717, 1.165) is 25.7 Å². The first-order valence-electron chi connectivity index (χ1n) is 6.65. The fraction of sp³-hybridized carbons (Fsp3) is 0.917. The zero-order valence-electron chi connectivity index (χ0n) is 11.3. The van der Waals surface area contributed by atoms with Crippen LogP contribution in [0, 0.1) is 0 Å². The molecule has 0 aliphatic heterocycles. The van der Waals surface area contributed by atoms with Gasteiger partial charge in [0, 0.05) is 12.0 Å². The highest BCUT2D eigenvalue weighted by atomic mass is 32.2. The van der Waals surface area contributed by atoms with Crippen molar-refractivity contribution in [3.8, 4) is 0 Å². The van der Waals surface area contributed by atoms with Gasteiger partial charge in [0.05, 0.1) is 5.75 Å². The normalized spacial score (nSPS) is 19.4. The molecule has 1 rings (SSSR count). The van der Waals surface area contributed by atoms with E-state index in [-0.39, 0.29) is 23.6 Å². The van der Waals surface area contributed by atoms with Crippen LogP contribution in [0.4, 0.5) is 0 Å². The number of amides is 1. The molecule has 0 saturated heterocycles. The molecule has 0 atom stereocenters. The van der Waals surface area contributed by atoms with Crippen LogP contribution in [0.15, 0.2) is 0 Å². The Morgan fingerprint density at radius 1 is 1.22 bits per heavy atom. The van der Waals surface area contributed by atoms with Gasteiger partial charge in [0.25, 0.3) is 0 Å². The van der Waals surface area contributed by atoms with Gasteiger partial charge >= 0.3 is 0 Å². The van der Waals surface area contributed by atoms with Crippen LogP contribution < -0.4 is 10.0 Å². The zero-order valence-corrected chi connectivity index (χ0v) is 12.1. The Hall–Kier alpha value is -0.620. The second kappa shape index (κ2) is 6.52. The molecule has 1 saturated carbocycles. The summed E-state index contributed by atoms with van der Waals surface area (Å²) in [5, 5.41) is 3.21. The van der Waals surface area contributed by atoms with E-state index in [1.807, 2.05) is 7.05 Å². The van der Waals surface area contributed by atoms with Crippen LogP contribution in [0.25, 0.3) is 0 Å². The molecule has 5 nitrogen and oxygen atoms in total. The van der Waals surface area contributed by atoms with Crippen molar-refractivity contribution in [2.24, 2.45) is 0 Å². The molecule has 1 fully saturated rings. The first-order valence-corrected chi connectivity index (χ1v) is 8.30. The first-order chi connectivity index (χ1) is 8.43. The molecule has 0 bridgehead atoms. The molecule has 0 aromatic heterocycles. The Morgan fingerprint density at radius 2 is 1.83 bits per heavy atom. The van der Waals surface area contributed by atoms with Gasteiger partial charge in [-0.25, -0.2) is 8.42 Å². The standard InChI is InChI=1S/C12H24N2O3S/c1-3-9-18(16,17)14-11(15)10-12(13-2)7-5-4-6-8-12/h13H,3-10H2,1-2H3,(H,14,15). The summed E-state index contributed by atoms with van der Waals surface area (Å²) in [6, 6.07) is 0. The maximum absolute atomic E-state index is 11.8. The number of nitrogens with one attached hydrogen (secondary N) is 2. The lowest BCUT2D eigenvalue weighted by Crippen LogP contribution is -2.49. The first kappa shape index (κ1) is 15.4. The van der Waals surface area contributed by atoms with Crippen LogP contribution in [0.5, 0.6) is 0 Å². The fourth-order valence-electron chi connectivity index (χ4n) is 2.58. The maximum atomic E-state index is 11.8. The summed E-state index contributed by atoms with van der Waals surface area (Å²) in [5.74, 6) is -0.384. The maximum Gasteiger partial charge on any atom is 0.235 e. The highest BCUT2D eigenvalue weighted by molar-refractivity contribution is 7.90. The number of carbonyl (C=O) groups excluding carboxylic acids is 1. The van der Waals surface area contributed by atoms with E-state index in [2.05, 4.69) is 10.0 Å². The quantitative estimate of drug-likeness (QED) is 0.763. The van der Waals surface area contributed by atoms with Crippen molar-refractivity contribution < 1.29 is 13.2 Å². The molecule has 0 aromatic rings. The van der Waals surface area contributed by atoms with Gasteiger partial charge in [-0.05, 0) is 26.3 Å². The van der Waals surface area contributed by atoms with Crippen LogP contribution in [-0.4, -0.2) is 32.7 Å². The van der Waals surface area contributed by atoms with Crippen LogP contribution >= 0.6 is 0 Å². The van der Waals surface area contributed by atoms with E-state index >= 15 is 0 Å². The summed E-state index contributed by atoms with van der Waals surface area (Å²) in [5.41, 5.74) is -0.218. The van der Waals surface area contributed by atoms with Crippen molar-refractivity contribution >= 4 is 15.9 Å². The van der Waals surface area contributed by atoms with Gasteiger partial charge in [0.15, 0.2) is 0 Å². The molecule has 106 valence electrons. The molecule has 0 spiro atoms. The second-order valence-electron chi connectivity index (χ2n) is 5.11. The Kier molecular flexibility index (Phi) is 5.59. The average molecular weight is 276 g/mol. The van der Waals surface area contributed by atoms with Gasteiger partial charge < -0.3 is 5.32 Å². The topological polar surface area (TPSA) is 75.3 Å². The molecule has 0 radical (unpaired) electrons. The molecule has 6 heteroatoms. The number of rotatable bonds is 6. The molecular weight excluding hydrogens is 252 g/mol. The highest BCUT2D eigenvalue weighted by Crippen LogP contribution is 2.30. The molecule has 1 aliphatic rings. The summed E-state index contributed by atoms with van der Waals surface area (Å²) in [6.07, 6.45) is 6.01. The monoisotopic (exact) mass is 276 g/mol. The Labute approximate surface area is 110 Å². The van der Waals surface area contributed by atoms with Gasteiger partial charge in [-0.1, -0.05) is 26.2 Å². The van der Waals surface area contributed by atoms with Crippen molar-refractivity contribution in [3.63, 3.8) is 0 Å². The number of hydrogen-bond donors (Lipinski definition) is 2. The predicted molar refractivity (Wildman–Crippen MR) is 71.7 cm³/mol. The lowest BCUT2D eigenvalue weighted by molar-refractivity contribution is -0.121. The fourth-order valence-corrected chi connectivity index (χ4v) is 3.64. The second-order valence-corrected chi connectivity index (χ2v) is 6.95. The molecule has 1 aliphatic carbocycles. The van der Waals surface area contributed by atoms with E-state index in [4.69, 9.17) is 0 Å². The van der Waals surface area contributed by atoms with Crippen molar-refractivity contribution in [1.29, 1.82) is 0 Å². The third-order valence-corrected chi connectivity index (χ3v) is 5.07. The highest BCUT2D eigenvalue weighted by Gasteiger charge is 2.33. The molecule has 0 aromatic carbocycles. The number of carbonyl (C=O) groups is 1. The molecular formula is C12H24N2O3S. The van der Waals surface area contributed by atoms with Crippen molar-refractivity contribution in [3.05, 3.63) is 0 Å². The largest absolute Gasteiger partial charge is 0.314 e. The van der Waals surface area contributed by atoms with E-state index in [9.17, 15) is 13.2 Å². The Balaban J connectivity index is 2.57. The molecule has 2 N–H and O–H groups in total. The minimum Gasteiger partial charge on any atom is -0.314 e. The van der Waals surface area contributed by atoms with Crippen molar-refractivity contribution in [2.45, 2.75) is 57.4 Å². The van der Waals surface area contributed by atoms with Gasteiger partial charge in [-0.2, -0.15) is 0 Å². The van der Waals surface area contributed by atoms with Gasteiger partial charge in [0.2, 0.25) is 15.9 Å². The minimum atomic E-state index is -3.44. The van der Waals surface area contributed by atoms with Crippen LogP contribution in [-0.2, 0) is 14.8 Å². The average Bonchev–Trinajstić information content (AvgIpc) is 2.29. The van der Waals surface area contributed by atoms with Crippen molar-refractivity contribution in [2.75, 3.05) is 12.8 Å². The third-order valence-electron chi connectivity index (χ3n) is 3.58. The third kappa shape index (κ3) is 4.57. The lowest BCUT2D eigenvalue weighted by atomic mass is 9.79. The molecule has 18 heavy (non-hydrogen) atoms. The molecule has 0 heterocycles. The van der Waals surface area contributed by atoms with E-state index in [1.165, 1.54) is 6.42 Å². The molecule has 1 amide bonds. The van der Waals surface area contributed by atoms with Gasteiger partial charge in [0.1, 0.15) is 0 Å². The van der Waals surface area contributed by atoms with Gasteiger partial charge in [-0.15, -0.1) is 0 Å². The zero-order chi connectivity index (χ0) is 13.6. The van der Waals surface area contributed by atoms with Crippen LogP contribution in [0.2, 0.25) is 0 Å². The van der Waals surface area contributed by atoms with E-state index < -0.39 is 10.0 Å². The summed E-state index contributed by atoms with van der Waals surface area (Å²) < 4.78 is 25.2. The Bertz CT molecular complexity index is 373. The summed E-state index contributed by atoms with van der Waals surface area (Å²) in [7, 11) is -1.60. The summed E-state index contributed by atoms with van der Waals surface area (Å²) in [6.45, 7) is 1.78. The van der Waals surface area contributed by atoms with Crippen molar-refractivity contribution in [1.82, 2.24) is 10.0 Å². The minimum absolute atomic E-state index is 0.00525. The van der Waals surface area contributed by atoms with Gasteiger partial charge in [-0.3, -0.25) is 9.52 Å². The molecule has 0 unspecified atom stereocenters. The summed E-state index contributed by atoms with van der Waals surface area (Å²) in [4.78, 5) is 11.8. The Morgan fingerprint density at radius 3 is 2.33 bits per heavy atom.